The number of H-pyrrole nitrogens is 1. The smallest absolute Gasteiger partial charge is 0.256 e. The molecule has 8 heteroatoms. The summed E-state index contributed by atoms with van der Waals surface area (Å²) in [7, 11) is 0. The zero-order valence-electron chi connectivity index (χ0n) is 16.8. The highest BCUT2D eigenvalue weighted by Gasteiger charge is 2.18. The minimum absolute atomic E-state index is 0.0526. The molecule has 0 bridgehead atoms. The fraction of sp³-hybridized carbons (Fsp3) is 0.182. The summed E-state index contributed by atoms with van der Waals surface area (Å²) in [5.41, 5.74) is 2.39. The van der Waals surface area contributed by atoms with Gasteiger partial charge in [-0.2, -0.15) is 9.78 Å². The maximum absolute atomic E-state index is 12.8. The summed E-state index contributed by atoms with van der Waals surface area (Å²) in [5, 5.41) is 7.35. The third-order valence-electron chi connectivity index (χ3n) is 4.58. The van der Waals surface area contributed by atoms with Gasteiger partial charge in [-0.25, -0.2) is 4.98 Å². The number of anilines is 1. The maximum Gasteiger partial charge on any atom is 0.256 e. The first-order valence-electron chi connectivity index (χ1n) is 9.54. The fourth-order valence-corrected chi connectivity index (χ4v) is 2.93. The molecule has 0 spiro atoms. The van der Waals surface area contributed by atoms with Crippen molar-refractivity contribution < 1.29 is 9.21 Å². The van der Waals surface area contributed by atoms with Gasteiger partial charge in [-0.1, -0.05) is 31.5 Å². The number of aromatic nitrogens is 4. The highest BCUT2D eigenvalue weighted by molar-refractivity contribution is 6.04. The van der Waals surface area contributed by atoms with E-state index in [1.807, 2.05) is 32.9 Å². The van der Waals surface area contributed by atoms with Gasteiger partial charge < -0.3 is 9.73 Å². The van der Waals surface area contributed by atoms with E-state index in [9.17, 15) is 9.59 Å². The Hall–Kier alpha value is -3.94. The van der Waals surface area contributed by atoms with Crippen LogP contribution in [0.25, 0.3) is 17.4 Å². The monoisotopic (exact) mass is 403 g/mol. The minimum Gasteiger partial charge on any atom is -0.463 e. The van der Waals surface area contributed by atoms with Crippen molar-refractivity contribution in [3.63, 3.8) is 0 Å². The predicted molar refractivity (Wildman–Crippen MR) is 113 cm³/mol. The molecule has 0 aliphatic carbocycles. The van der Waals surface area contributed by atoms with E-state index >= 15 is 0 Å². The molecule has 30 heavy (non-hydrogen) atoms. The van der Waals surface area contributed by atoms with Gasteiger partial charge in [0, 0.05) is 17.7 Å². The molecular formula is C22H21N5O3. The molecule has 3 heterocycles. The Labute approximate surface area is 172 Å². The van der Waals surface area contributed by atoms with Crippen LogP contribution in [0.3, 0.4) is 0 Å². The Kier molecular flexibility index (Phi) is 5.05. The molecule has 2 N–H and O–H groups in total. The van der Waals surface area contributed by atoms with Crippen LogP contribution in [0.1, 0.15) is 41.4 Å². The number of hydrogen-bond acceptors (Lipinski definition) is 5. The second kappa shape index (κ2) is 7.82. The molecule has 0 aliphatic heterocycles. The van der Waals surface area contributed by atoms with Crippen molar-refractivity contribution in [1.29, 1.82) is 0 Å². The predicted octanol–water partition coefficient (Wildman–Crippen LogP) is 3.90. The molecule has 4 rings (SSSR count). The summed E-state index contributed by atoms with van der Waals surface area (Å²) >= 11 is 0. The number of carbonyl (C=O) groups is 1. The first-order valence-corrected chi connectivity index (χ1v) is 9.54. The van der Waals surface area contributed by atoms with Crippen LogP contribution in [-0.2, 0) is 0 Å². The van der Waals surface area contributed by atoms with E-state index in [1.54, 1.807) is 36.6 Å². The Morgan fingerprint density at radius 3 is 2.60 bits per heavy atom. The first-order chi connectivity index (χ1) is 14.4. The van der Waals surface area contributed by atoms with E-state index in [0.717, 1.165) is 5.56 Å². The summed E-state index contributed by atoms with van der Waals surface area (Å²) in [6, 6.07) is 13.9. The molecule has 0 radical (unpaired) electrons. The number of furan rings is 1. The van der Waals surface area contributed by atoms with Gasteiger partial charge in [-0.15, -0.1) is 0 Å². The number of amides is 1. The zero-order valence-corrected chi connectivity index (χ0v) is 16.8. The molecular weight excluding hydrogens is 382 g/mol. The number of nitrogens with zero attached hydrogens (tertiary/aromatic N) is 3. The van der Waals surface area contributed by atoms with Crippen molar-refractivity contribution in [2.24, 2.45) is 0 Å². The van der Waals surface area contributed by atoms with Crippen LogP contribution >= 0.6 is 0 Å². The molecule has 0 aliphatic rings. The van der Waals surface area contributed by atoms with Crippen molar-refractivity contribution in [2.45, 2.75) is 26.7 Å². The van der Waals surface area contributed by atoms with Gasteiger partial charge in [0.25, 0.3) is 11.5 Å². The van der Waals surface area contributed by atoms with Gasteiger partial charge in [0.05, 0.1) is 12.0 Å². The molecule has 0 unspecified atom stereocenters. The van der Waals surface area contributed by atoms with E-state index in [-0.39, 0.29) is 23.3 Å². The largest absolute Gasteiger partial charge is 0.463 e. The SMILES string of the molecule is Cc1ccc(C(=O)Nc2cc(-c3ccco3)nn2-c2nc(C(C)C)cc(=O)[nH]2)cc1. The normalized spacial score (nSPS) is 11.1. The van der Waals surface area contributed by atoms with Gasteiger partial charge in [0.15, 0.2) is 5.76 Å². The fourth-order valence-electron chi connectivity index (χ4n) is 2.93. The van der Waals surface area contributed by atoms with Gasteiger partial charge >= 0.3 is 0 Å². The van der Waals surface area contributed by atoms with Crippen LogP contribution in [0, 0.1) is 6.92 Å². The van der Waals surface area contributed by atoms with E-state index in [1.165, 1.54) is 10.7 Å². The summed E-state index contributed by atoms with van der Waals surface area (Å²) in [6.07, 6.45) is 1.54. The van der Waals surface area contributed by atoms with Gasteiger partial charge in [0.1, 0.15) is 11.5 Å². The lowest BCUT2D eigenvalue weighted by Gasteiger charge is -2.10. The van der Waals surface area contributed by atoms with E-state index in [0.29, 0.717) is 28.5 Å². The molecule has 0 saturated carbocycles. The summed E-state index contributed by atoms with van der Waals surface area (Å²) in [6.45, 7) is 5.85. The second-order valence-electron chi connectivity index (χ2n) is 7.27. The van der Waals surface area contributed by atoms with Gasteiger partial charge in [-0.05, 0) is 37.1 Å². The van der Waals surface area contributed by atoms with Gasteiger partial charge in [0.2, 0.25) is 5.95 Å². The van der Waals surface area contributed by atoms with Crippen molar-refractivity contribution in [3.05, 3.63) is 82.0 Å². The quantitative estimate of drug-likeness (QED) is 0.526. The topological polar surface area (TPSA) is 106 Å². The minimum atomic E-state index is -0.301. The molecule has 4 aromatic rings. The average molecular weight is 403 g/mol. The van der Waals surface area contributed by atoms with Crippen molar-refractivity contribution in [1.82, 2.24) is 19.7 Å². The highest BCUT2D eigenvalue weighted by atomic mass is 16.3. The number of aromatic amines is 1. The van der Waals surface area contributed by atoms with Crippen LogP contribution in [0.4, 0.5) is 5.82 Å². The summed E-state index contributed by atoms with van der Waals surface area (Å²) in [4.78, 5) is 32.2. The van der Waals surface area contributed by atoms with Crippen LogP contribution in [0.2, 0.25) is 0 Å². The van der Waals surface area contributed by atoms with Crippen LogP contribution in [0.5, 0.6) is 0 Å². The number of rotatable bonds is 5. The number of nitrogens with one attached hydrogen (secondary N) is 2. The standard InChI is InChI=1S/C22H21N5O3/c1-13(2)16-12-20(28)25-22(23-16)27-19(11-17(26-27)18-5-4-10-30-18)24-21(29)15-8-6-14(3)7-9-15/h4-13H,1-3H3,(H,24,29)(H,23,25,28). The van der Waals surface area contributed by atoms with Crippen molar-refractivity contribution in [2.75, 3.05) is 5.32 Å². The van der Waals surface area contributed by atoms with Crippen LogP contribution in [-0.4, -0.2) is 25.7 Å². The summed E-state index contributed by atoms with van der Waals surface area (Å²) < 4.78 is 6.83. The molecule has 0 saturated heterocycles. The molecule has 3 aromatic heterocycles. The first kappa shape index (κ1) is 19.4. The van der Waals surface area contributed by atoms with E-state index < -0.39 is 0 Å². The molecule has 0 atom stereocenters. The number of benzene rings is 1. The van der Waals surface area contributed by atoms with E-state index in [2.05, 4.69) is 20.4 Å². The number of hydrogen-bond donors (Lipinski definition) is 2. The van der Waals surface area contributed by atoms with Crippen LogP contribution in [0.15, 0.2) is 64.0 Å². The Morgan fingerprint density at radius 2 is 1.93 bits per heavy atom. The zero-order chi connectivity index (χ0) is 21.3. The molecule has 8 nitrogen and oxygen atoms in total. The highest BCUT2D eigenvalue weighted by Crippen LogP contribution is 2.25. The summed E-state index contributed by atoms with van der Waals surface area (Å²) in [5.74, 6) is 0.849. The maximum atomic E-state index is 12.8. The molecule has 0 fully saturated rings. The van der Waals surface area contributed by atoms with Crippen molar-refractivity contribution >= 4 is 11.7 Å². The molecule has 152 valence electrons. The lowest BCUT2D eigenvalue weighted by molar-refractivity contribution is 0.102. The number of aryl methyl sites for hydroxylation is 1. The van der Waals surface area contributed by atoms with E-state index in [4.69, 9.17) is 4.42 Å². The van der Waals surface area contributed by atoms with Crippen molar-refractivity contribution in [3.8, 4) is 17.4 Å². The molecule has 1 amide bonds. The Balaban J connectivity index is 1.78. The third kappa shape index (κ3) is 3.93. The number of carbonyl (C=O) groups excluding carboxylic acids is 1. The second-order valence-corrected chi connectivity index (χ2v) is 7.27. The third-order valence-corrected chi connectivity index (χ3v) is 4.58. The Bertz CT molecular complexity index is 1230. The Morgan fingerprint density at radius 1 is 1.17 bits per heavy atom. The average Bonchev–Trinajstić information content (AvgIpc) is 3.38. The molecule has 1 aromatic carbocycles. The van der Waals surface area contributed by atoms with Gasteiger partial charge in [-0.3, -0.25) is 14.6 Å². The van der Waals surface area contributed by atoms with Crippen LogP contribution < -0.4 is 10.9 Å². The lowest BCUT2D eigenvalue weighted by Crippen LogP contribution is -2.19. The lowest BCUT2D eigenvalue weighted by atomic mass is 10.1.